The SMILES string of the molecule is O=C(N[C@@H]1CCC[C@H]1C(=O)O)c1ccc(Cl)cn1. The number of aromatic nitrogens is 1. The van der Waals surface area contributed by atoms with Crippen molar-refractivity contribution in [1.29, 1.82) is 0 Å². The minimum Gasteiger partial charge on any atom is -0.481 e. The van der Waals surface area contributed by atoms with Crippen molar-refractivity contribution >= 4 is 23.5 Å². The minimum atomic E-state index is -0.859. The molecule has 0 radical (unpaired) electrons. The van der Waals surface area contributed by atoms with Gasteiger partial charge in [-0.05, 0) is 25.0 Å². The lowest BCUT2D eigenvalue weighted by Crippen LogP contribution is -2.40. The Bertz CT molecular complexity index is 461. The molecule has 0 saturated heterocycles. The maximum absolute atomic E-state index is 11.9. The Labute approximate surface area is 109 Å². The summed E-state index contributed by atoms with van der Waals surface area (Å²) in [4.78, 5) is 26.8. The number of carboxylic acids is 1. The fraction of sp³-hybridized carbons (Fsp3) is 0.417. The van der Waals surface area contributed by atoms with Gasteiger partial charge in [-0.15, -0.1) is 0 Å². The van der Waals surface area contributed by atoms with Gasteiger partial charge in [0.15, 0.2) is 0 Å². The number of nitrogens with zero attached hydrogens (tertiary/aromatic N) is 1. The van der Waals surface area contributed by atoms with Crippen LogP contribution in [0.5, 0.6) is 0 Å². The lowest BCUT2D eigenvalue weighted by molar-refractivity contribution is -0.142. The van der Waals surface area contributed by atoms with E-state index in [4.69, 9.17) is 16.7 Å². The first-order valence-corrected chi connectivity index (χ1v) is 6.11. The second-order valence-electron chi connectivity index (χ2n) is 4.32. The first kappa shape index (κ1) is 12.8. The molecule has 1 saturated carbocycles. The van der Waals surface area contributed by atoms with Gasteiger partial charge in [-0.1, -0.05) is 18.0 Å². The first-order valence-electron chi connectivity index (χ1n) is 5.73. The summed E-state index contributed by atoms with van der Waals surface area (Å²) >= 11 is 5.68. The van der Waals surface area contributed by atoms with Crippen LogP contribution in [-0.2, 0) is 4.79 Å². The molecule has 1 amide bonds. The van der Waals surface area contributed by atoms with Crippen LogP contribution in [0.15, 0.2) is 18.3 Å². The predicted molar refractivity (Wildman–Crippen MR) is 65.5 cm³/mol. The Morgan fingerprint density at radius 1 is 1.39 bits per heavy atom. The average molecular weight is 269 g/mol. The van der Waals surface area contributed by atoms with Crippen molar-refractivity contribution in [2.24, 2.45) is 5.92 Å². The van der Waals surface area contributed by atoms with Gasteiger partial charge in [0.25, 0.3) is 5.91 Å². The molecule has 1 heterocycles. The van der Waals surface area contributed by atoms with Crippen LogP contribution in [0, 0.1) is 5.92 Å². The zero-order chi connectivity index (χ0) is 13.1. The summed E-state index contributed by atoms with van der Waals surface area (Å²) in [5, 5.41) is 12.2. The Hall–Kier alpha value is -1.62. The van der Waals surface area contributed by atoms with Crippen molar-refractivity contribution in [1.82, 2.24) is 10.3 Å². The average Bonchev–Trinajstić information content (AvgIpc) is 2.78. The highest BCUT2D eigenvalue weighted by Crippen LogP contribution is 2.26. The molecule has 1 aromatic heterocycles. The lowest BCUT2D eigenvalue weighted by atomic mass is 10.0. The molecular weight excluding hydrogens is 256 g/mol. The van der Waals surface area contributed by atoms with E-state index in [1.54, 1.807) is 6.07 Å². The van der Waals surface area contributed by atoms with Crippen molar-refractivity contribution in [3.63, 3.8) is 0 Å². The molecule has 0 aromatic carbocycles. The van der Waals surface area contributed by atoms with E-state index in [0.29, 0.717) is 17.9 Å². The Balaban J connectivity index is 2.03. The monoisotopic (exact) mass is 268 g/mol. The quantitative estimate of drug-likeness (QED) is 0.875. The number of carboxylic acid groups (broad SMARTS) is 1. The Morgan fingerprint density at radius 2 is 2.17 bits per heavy atom. The first-order chi connectivity index (χ1) is 8.58. The van der Waals surface area contributed by atoms with Gasteiger partial charge in [0.1, 0.15) is 5.69 Å². The minimum absolute atomic E-state index is 0.246. The van der Waals surface area contributed by atoms with E-state index in [1.165, 1.54) is 12.3 Å². The van der Waals surface area contributed by atoms with Crippen LogP contribution in [0.4, 0.5) is 0 Å². The van der Waals surface area contributed by atoms with E-state index in [9.17, 15) is 9.59 Å². The van der Waals surface area contributed by atoms with Crippen LogP contribution in [0.1, 0.15) is 29.8 Å². The summed E-state index contributed by atoms with van der Waals surface area (Å²) in [5.74, 6) is -1.71. The molecule has 1 aromatic rings. The summed E-state index contributed by atoms with van der Waals surface area (Å²) in [5.41, 5.74) is 0.246. The van der Waals surface area contributed by atoms with Gasteiger partial charge >= 0.3 is 5.97 Å². The maximum Gasteiger partial charge on any atom is 0.308 e. The summed E-state index contributed by atoms with van der Waals surface area (Å²) in [6.07, 6.45) is 3.50. The van der Waals surface area contributed by atoms with Crippen LogP contribution in [-0.4, -0.2) is 28.0 Å². The van der Waals surface area contributed by atoms with Crippen LogP contribution in [0.2, 0.25) is 5.02 Å². The summed E-state index contributed by atoms with van der Waals surface area (Å²) < 4.78 is 0. The van der Waals surface area contributed by atoms with Crippen molar-refractivity contribution in [3.8, 4) is 0 Å². The Morgan fingerprint density at radius 3 is 2.78 bits per heavy atom. The molecule has 5 nitrogen and oxygen atoms in total. The normalized spacial score (nSPS) is 22.7. The van der Waals surface area contributed by atoms with Crippen LogP contribution in [0.3, 0.4) is 0 Å². The van der Waals surface area contributed by atoms with E-state index in [-0.39, 0.29) is 17.6 Å². The second kappa shape index (κ2) is 5.35. The van der Waals surface area contributed by atoms with Gasteiger partial charge in [-0.2, -0.15) is 0 Å². The molecule has 0 spiro atoms. The van der Waals surface area contributed by atoms with Crippen molar-refractivity contribution in [2.75, 3.05) is 0 Å². The zero-order valence-electron chi connectivity index (χ0n) is 9.60. The molecular formula is C12H13ClN2O3. The van der Waals surface area contributed by atoms with Gasteiger partial charge < -0.3 is 10.4 Å². The van der Waals surface area contributed by atoms with E-state index in [0.717, 1.165) is 6.42 Å². The van der Waals surface area contributed by atoms with Gasteiger partial charge in [0, 0.05) is 12.2 Å². The van der Waals surface area contributed by atoms with Gasteiger partial charge in [-0.25, -0.2) is 4.98 Å². The topological polar surface area (TPSA) is 79.3 Å². The highest BCUT2D eigenvalue weighted by molar-refractivity contribution is 6.30. The van der Waals surface area contributed by atoms with Gasteiger partial charge in [-0.3, -0.25) is 9.59 Å². The lowest BCUT2D eigenvalue weighted by Gasteiger charge is -2.17. The number of carbonyl (C=O) groups is 2. The van der Waals surface area contributed by atoms with Crippen molar-refractivity contribution < 1.29 is 14.7 Å². The molecule has 2 N–H and O–H groups in total. The van der Waals surface area contributed by atoms with E-state index in [1.807, 2.05) is 0 Å². The third-order valence-electron chi connectivity index (χ3n) is 3.11. The molecule has 18 heavy (non-hydrogen) atoms. The molecule has 0 bridgehead atoms. The number of nitrogens with one attached hydrogen (secondary N) is 1. The maximum atomic E-state index is 11.9. The van der Waals surface area contributed by atoms with Crippen LogP contribution < -0.4 is 5.32 Å². The summed E-state index contributed by atoms with van der Waals surface area (Å²) in [7, 11) is 0. The number of hydrogen-bond acceptors (Lipinski definition) is 3. The molecule has 1 fully saturated rings. The standard InChI is InChI=1S/C12H13ClN2O3/c13-7-4-5-10(14-6-7)11(16)15-9-3-1-2-8(9)12(17)18/h4-6,8-9H,1-3H2,(H,15,16)(H,17,18)/t8-,9-/m1/s1. The molecule has 0 aliphatic heterocycles. The van der Waals surface area contributed by atoms with Crippen molar-refractivity contribution in [3.05, 3.63) is 29.0 Å². The molecule has 96 valence electrons. The second-order valence-corrected chi connectivity index (χ2v) is 4.75. The van der Waals surface area contributed by atoms with Crippen molar-refractivity contribution in [2.45, 2.75) is 25.3 Å². The molecule has 1 aliphatic rings. The van der Waals surface area contributed by atoms with Crippen LogP contribution in [0.25, 0.3) is 0 Å². The van der Waals surface area contributed by atoms with Gasteiger partial charge in [0.05, 0.1) is 10.9 Å². The number of carbonyl (C=O) groups excluding carboxylic acids is 1. The largest absolute Gasteiger partial charge is 0.481 e. The molecule has 0 unspecified atom stereocenters. The third kappa shape index (κ3) is 2.79. The number of pyridine rings is 1. The molecule has 2 rings (SSSR count). The number of halogens is 1. The van der Waals surface area contributed by atoms with E-state index in [2.05, 4.69) is 10.3 Å². The number of hydrogen-bond donors (Lipinski definition) is 2. The van der Waals surface area contributed by atoms with Gasteiger partial charge in [0.2, 0.25) is 0 Å². The smallest absolute Gasteiger partial charge is 0.308 e. The van der Waals surface area contributed by atoms with Crippen LogP contribution >= 0.6 is 11.6 Å². The molecule has 6 heteroatoms. The highest BCUT2D eigenvalue weighted by atomic mass is 35.5. The van der Waals surface area contributed by atoms with E-state index >= 15 is 0 Å². The number of amides is 1. The number of aliphatic carboxylic acids is 1. The molecule has 2 atom stereocenters. The zero-order valence-corrected chi connectivity index (χ0v) is 10.4. The number of rotatable bonds is 3. The van der Waals surface area contributed by atoms with E-state index < -0.39 is 11.9 Å². The predicted octanol–water partition coefficient (Wildman–Crippen LogP) is 1.72. The fourth-order valence-electron chi connectivity index (χ4n) is 2.18. The fourth-order valence-corrected chi connectivity index (χ4v) is 2.29. The summed E-state index contributed by atoms with van der Waals surface area (Å²) in [6.45, 7) is 0. The third-order valence-corrected chi connectivity index (χ3v) is 3.33. The molecule has 1 aliphatic carbocycles. The Kier molecular flexibility index (Phi) is 3.81. The summed E-state index contributed by atoms with van der Waals surface area (Å²) in [6, 6.07) is 2.78. The highest BCUT2D eigenvalue weighted by Gasteiger charge is 2.34.